The van der Waals surface area contributed by atoms with Crippen LogP contribution in [0.1, 0.15) is 37.5 Å². The molecule has 0 unspecified atom stereocenters. The highest BCUT2D eigenvalue weighted by atomic mass is 32.1. The van der Waals surface area contributed by atoms with Gasteiger partial charge in [-0.2, -0.15) is 9.50 Å². The van der Waals surface area contributed by atoms with Crippen molar-refractivity contribution in [2.45, 2.75) is 32.8 Å². The Morgan fingerprint density at radius 1 is 0.972 bits per heavy atom. The molecule has 2 aromatic heterocycles. The van der Waals surface area contributed by atoms with Gasteiger partial charge in [0.05, 0.1) is 11.6 Å². The highest BCUT2D eigenvalue weighted by molar-refractivity contribution is 7.15. The summed E-state index contributed by atoms with van der Waals surface area (Å²) in [6, 6.07) is 23.8. The van der Waals surface area contributed by atoms with Gasteiger partial charge >= 0.3 is 0 Å². The second-order valence-corrected chi connectivity index (χ2v) is 10.6. The van der Waals surface area contributed by atoms with Gasteiger partial charge in [0.25, 0.3) is 5.56 Å². The normalized spacial score (nSPS) is 12.3. The van der Waals surface area contributed by atoms with Crippen LogP contribution >= 0.6 is 11.3 Å². The van der Waals surface area contributed by atoms with Crippen LogP contribution in [0.15, 0.2) is 77.6 Å². The minimum atomic E-state index is -0.191. The molecule has 5 aromatic rings. The standard InChI is InChI=1S/C29H27N3O3S/c1-29(2,3)22-13-11-21(12-14-22)26-30-28-32(31-26)27(33)25(36-28)17-20-10-15-23(24(16-20)34-4)35-18-19-8-6-5-7-9-19/h5-17H,18H2,1-4H3/b25-17+. The van der Waals surface area contributed by atoms with E-state index in [0.29, 0.717) is 33.4 Å². The zero-order valence-corrected chi connectivity index (χ0v) is 21.5. The van der Waals surface area contributed by atoms with Gasteiger partial charge in [0, 0.05) is 5.56 Å². The Bertz CT molecular complexity index is 1620. The van der Waals surface area contributed by atoms with Gasteiger partial charge in [-0.3, -0.25) is 4.79 Å². The number of ether oxygens (including phenoxy) is 2. The number of methoxy groups -OCH3 is 1. The molecule has 0 fully saturated rings. The molecule has 0 aliphatic heterocycles. The first-order valence-electron chi connectivity index (χ1n) is 11.7. The number of benzene rings is 3. The van der Waals surface area contributed by atoms with Crippen molar-refractivity contribution in [2.24, 2.45) is 0 Å². The molecule has 0 radical (unpaired) electrons. The lowest BCUT2D eigenvalue weighted by molar-refractivity contribution is 0.284. The highest BCUT2D eigenvalue weighted by Gasteiger charge is 2.16. The SMILES string of the molecule is COc1cc(/C=c2/sc3nc(-c4ccc(C(C)(C)C)cc4)nn3c2=O)ccc1OCc1ccccc1. The molecular formula is C29H27N3O3S. The van der Waals surface area contributed by atoms with Crippen molar-refractivity contribution >= 4 is 22.4 Å². The molecule has 2 heterocycles. The Hall–Kier alpha value is -3.97. The minimum Gasteiger partial charge on any atom is -0.493 e. The van der Waals surface area contributed by atoms with Crippen LogP contribution < -0.4 is 19.6 Å². The average Bonchev–Trinajstić information content (AvgIpc) is 3.42. The molecule has 182 valence electrons. The maximum atomic E-state index is 13.0. The first-order valence-corrected chi connectivity index (χ1v) is 12.5. The number of thiazole rings is 1. The van der Waals surface area contributed by atoms with Crippen molar-refractivity contribution in [3.05, 3.63) is 104 Å². The molecule has 0 bridgehead atoms. The summed E-state index contributed by atoms with van der Waals surface area (Å²) in [6.45, 7) is 6.97. The third-order valence-corrected chi connectivity index (χ3v) is 6.87. The Balaban J connectivity index is 1.40. The summed E-state index contributed by atoms with van der Waals surface area (Å²) < 4.78 is 13.4. The third-order valence-electron chi connectivity index (χ3n) is 5.91. The van der Waals surface area contributed by atoms with E-state index in [2.05, 4.69) is 43.0 Å². The van der Waals surface area contributed by atoms with Crippen LogP contribution in [0.3, 0.4) is 0 Å². The molecule has 0 atom stereocenters. The molecule has 0 N–H and O–H groups in total. The average molecular weight is 498 g/mol. The summed E-state index contributed by atoms with van der Waals surface area (Å²) in [5.41, 5.74) is 3.91. The molecule has 36 heavy (non-hydrogen) atoms. The van der Waals surface area contributed by atoms with Gasteiger partial charge < -0.3 is 9.47 Å². The van der Waals surface area contributed by atoms with Crippen molar-refractivity contribution < 1.29 is 9.47 Å². The summed E-state index contributed by atoms with van der Waals surface area (Å²) in [7, 11) is 1.60. The van der Waals surface area contributed by atoms with E-state index < -0.39 is 0 Å². The number of hydrogen-bond acceptors (Lipinski definition) is 6. The first-order chi connectivity index (χ1) is 17.3. The molecule has 6 nitrogen and oxygen atoms in total. The Kier molecular flexibility index (Phi) is 6.33. The lowest BCUT2D eigenvalue weighted by Crippen LogP contribution is -2.23. The number of aromatic nitrogens is 3. The molecule has 0 saturated heterocycles. The van der Waals surface area contributed by atoms with Crippen LogP contribution in [-0.4, -0.2) is 21.7 Å². The molecule has 5 rings (SSSR count). The largest absolute Gasteiger partial charge is 0.493 e. The number of fused-ring (bicyclic) bond motifs is 1. The second-order valence-electron chi connectivity index (χ2n) is 9.56. The van der Waals surface area contributed by atoms with Crippen LogP contribution in [0.25, 0.3) is 22.4 Å². The van der Waals surface area contributed by atoms with Crippen LogP contribution in [-0.2, 0) is 12.0 Å². The Morgan fingerprint density at radius 3 is 2.39 bits per heavy atom. The summed E-state index contributed by atoms with van der Waals surface area (Å²) in [6.07, 6.45) is 1.82. The predicted octanol–water partition coefficient (Wildman–Crippen LogP) is 5.25. The minimum absolute atomic E-state index is 0.0718. The highest BCUT2D eigenvalue weighted by Crippen LogP contribution is 2.29. The topological polar surface area (TPSA) is 65.7 Å². The first kappa shape index (κ1) is 23.8. The lowest BCUT2D eigenvalue weighted by Gasteiger charge is -2.18. The number of nitrogens with zero attached hydrogens (tertiary/aromatic N) is 3. The fourth-order valence-corrected chi connectivity index (χ4v) is 4.76. The fraction of sp³-hybridized carbons (Fsp3) is 0.207. The summed E-state index contributed by atoms with van der Waals surface area (Å²) in [5, 5.41) is 4.48. The molecule has 3 aromatic carbocycles. The maximum Gasteiger partial charge on any atom is 0.291 e. The third kappa shape index (κ3) is 4.88. The zero-order chi connectivity index (χ0) is 25.3. The molecule has 0 aliphatic rings. The van der Waals surface area contributed by atoms with Crippen molar-refractivity contribution in [2.75, 3.05) is 7.11 Å². The zero-order valence-electron chi connectivity index (χ0n) is 20.7. The van der Waals surface area contributed by atoms with Crippen molar-refractivity contribution in [3.63, 3.8) is 0 Å². The molecule has 0 spiro atoms. The van der Waals surface area contributed by atoms with Gasteiger partial charge in [0.15, 0.2) is 17.3 Å². The second kappa shape index (κ2) is 9.59. The van der Waals surface area contributed by atoms with Crippen LogP contribution in [0.2, 0.25) is 0 Å². The van der Waals surface area contributed by atoms with E-state index in [1.54, 1.807) is 7.11 Å². The van der Waals surface area contributed by atoms with Gasteiger partial charge in [0.2, 0.25) is 4.96 Å². The fourth-order valence-electron chi connectivity index (χ4n) is 3.86. The van der Waals surface area contributed by atoms with Crippen LogP contribution in [0.4, 0.5) is 0 Å². The number of hydrogen-bond donors (Lipinski definition) is 0. The molecular weight excluding hydrogens is 470 g/mol. The van der Waals surface area contributed by atoms with Crippen molar-refractivity contribution in [3.8, 4) is 22.9 Å². The van der Waals surface area contributed by atoms with Gasteiger partial charge in [-0.15, -0.1) is 5.10 Å². The van der Waals surface area contributed by atoms with E-state index in [1.807, 2.05) is 66.7 Å². The van der Waals surface area contributed by atoms with E-state index in [4.69, 9.17) is 9.47 Å². The van der Waals surface area contributed by atoms with Crippen molar-refractivity contribution in [1.29, 1.82) is 0 Å². The summed E-state index contributed by atoms with van der Waals surface area (Å²) >= 11 is 1.32. The van der Waals surface area contributed by atoms with Crippen LogP contribution in [0.5, 0.6) is 11.5 Å². The van der Waals surface area contributed by atoms with E-state index >= 15 is 0 Å². The van der Waals surface area contributed by atoms with Gasteiger partial charge in [-0.05, 0) is 40.3 Å². The number of rotatable bonds is 6. The molecule has 0 saturated carbocycles. The quantitative estimate of drug-likeness (QED) is 0.321. The molecule has 7 heteroatoms. The van der Waals surface area contributed by atoms with Gasteiger partial charge in [-0.25, -0.2) is 0 Å². The van der Waals surface area contributed by atoms with E-state index in [1.165, 1.54) is 21.4 Å². The Labute approximate surface area is 213 Å². The maximum absolute atomic E-state index is 13.0. The van der Waals surface area contributed by atoms with Crippen LogP contribution in [0, 0.1) is 0 Å². The molecule has 0 aliphatic carbocycles. The van der Waals surface area contributed by atoms with Gasteiger partial charge in [0.1, 0.15) is 6.61 Å². The lowest BCUT2D eigenvalue weighted by atomic mass is 9.87. The summed E-state index contributed by atoms with van der Waals surface area (Å²) in [5.74, 6) is 1.80. The van der Waals surface area contributed by atoms with E-state index in [9.17, 15) is 4.79 Å². The van der Waals surface area contributed by atoms with E-state index in [-0.39, 0.29) is 11.0 Å². The monoisotopic (exact) mass is 497 g/mol. The van der Waals surface area contributed by atoms with Crippen molar-refractivity contribution in [1.82, 2.24) is 14.6 Å². The predicted molar refractivity (Wildman–Crippen MR) is 144 cm³/mol. The smallest absolute Gasteiger partial charge is 0.291 e. The Morgan fingerprint density at radius 2 is 1.72 bits per heavy atom. The summed E-state index contributed by atoms with van der Waals surface area (Å²) in [4.78, 5) is 18.2. The van der Waals surface area contributed by atoms with Gasteiger partial charge in [-0.1, -0.05) is 92.8 Å². The van der Waals surface area contributed by atoms with E-state index in [0.717, 1.165) is 16.7 Å². The molecule has 0 amide bonds.